The van der Waals surface area contributed by atoms with Gasteiger partial charge in [-0.25, -0.2) is 14.5 Å². The van der Waals surface area contributed by atoms with Crippen molar-refractivity contribution in [1.82, 2.24) is 9.80 Å². The molecule has 8 heteroatoms. The highest BCUT2D eigenvalue weighted by Crippen LogP contribution is 2.23. The number of hydrogen-bond acceptors (Lipinski definition) is 5. The van der Waals surface area contributed by atoms with Gasteiger partial charge >= 0.3 is 12.0 Å². The van der Waals surface area contributed by atoms with E-state index < -0.39 is 29.9 Å². The summed E-state index contributed by atoms with van der Waals surface area (Å²) in [6.45, 7) is 4.01. The third-order valence-electron chi connectivity index (χ3n) is 4.38. The predicted octanol–water partition coefficient (Wildman–Crippen LogP) is 2.71. The van der Waals surface area contributed by atoms with E-state index in [0.29, 0.717) is 12.1 Å². The Morgan fingerprint density at radius 2 is 1.93 bits per heavy atom. The Morgan fingerprint density at radius 1 is 1.26 bits per heavy atom. The van der Waals surface area contributed by atoms with Crippen LogP contribution < -0.4 is 0 Å². The summed E-state index contributed by atoms with van der Waals surface area (Å²) >= 11 is 0.992. The number of imide groups is 1. The molecule has 1 aromatic rings. The lowest BCUT2D eigenvalue weighted by Crippen LogP contribution is -2.46. The summed E-state index contributed by atoms with van der Waals surface area (Å²) in [4.78, 5) is 51.2. The fourth-order valence-electron chi connectivity index (χ4n) is 2.79. The van der Waals surface area contributed by atoms with E-state index in [2.05, 4.69) is 0 Å². The lowest BCUT2D eigenvalue weighted by molar-refractivity contribution is -0.147. The number of nitrogens with zero attached hydrogens (tertiary/aromatic N) is 2. The van der Waals surface area contributed by atoms with Crippen LogP contribution in [0.25, 0.3) is 0 Å². The second-order valence-electron chi connectivity index (χ2n) is 6.51. The average Bonchev–Trinajstić information content (AvgIpc) is 3.00. The molecular formula is C19H24N2O5S. The van der Waals surface area contributed by atoms with Gasteiger partial charge in [0.15, 0.2) is 6.04 Å². The van der Waals surface area contributed by atoms with E-state index in [9.17, 15) is 24.3 Å². The van der Waals surface area contributed by atoms with E-state index in [1.54, 1.807) is 31.2 Å². The summed E-state index contributed by atoms with van der Waals surface area (Å²) < 4.78 is 0. The fraction of sp³-hybridized carbons (Fsp3) is 0.474. The molecule has 0 spiro atoms. The molecule has 0 aromatic heterocycles. The average molecular weight is 392 g/mol. The van der Waals surface area contributed by atoms with Gasteiger partial charge in [-0.1, -0.05) is 62.4 Å². The van der Waals surface area contributed by atoms with E-state index in [-0.39, 0.29) is 17.4 Å². The molecule has 3 amide bonds. The molecule has 0 radical (unpaired) electrons. The number of carbonyl (C=O) groups excluding carboxylic acids is 3. The molecule has 1 aliphatic heterocycles. The standard InChI is InChI=1S/C19H24N2O5S/c1-3-4-10-20-11-15(17(23)24)21(19(20)26)16(22)13(2)12-27-18(25)14-8-6-5-7-9-14/h5-9,13,15H,3-4,10-12H2,1-2H3,(H,23,24)/t13-,15-/m0/s1. The van der Waals surface area contributed by atoms with E-state index in [1.807, 2.05) is 13.0 Å². The Labute approximate surface area is 162 Å². The first-order chi connectivity index (χ1) is 12.9. The van der Waals surface area contributed by atoms with E-state index in [1.165, 1.54) is 4.90 Å². The number of benzene rings is 1. The first-order valence-corrected chi connectivity index (χ1v) is 9.92. The number of carbonyl (C=O) groups is 4. The molecule has 1 N–H and O–H groups in total. The molecule has 27 heavy (non-hydrogen) atoms. The van der Waals surface area contributed by atoms with E-state index in [4.69, 9.17) is 0 Å². The van der Waals surface area contributed by atoms with Crippen molar-refractivity contribution < 1.29 is 24.3 Å². The van der Waals surface area contributed by atoms with Crippen molar-refractivity contribution in [3.8, 4) is 0 Å². The van der Waals surface area contributed by atoms with Crippen LogP contribution >= 0.6 is 11.8 Å². The van der Waals surface area contributed by atoms with Crippen molar-refractivity contribution in [2.45, 2.75) is 32.7 Å². The number of rotatable bonds is 8. The number of carboxylic acids is 1. The highest BCUT2D eigenvalue weighted by molar-refractivity contribution is 8.14. The first-order valence-electron chi connectivity index (χ1n) is 8.93. The van der Waals surface area contributed by atoms with Crippen LogP contribution in [-0.4, -0.2) is 62.8 Å². The molecule has 1 aliphatic rings. The largest absolute Gasteiger partial charge is 0.480 e. The van der Waals surface area contributed by atoms with Crippen LogP contribution in [0.2, 0.25) is 0 Å². The second kappa shape index (κ2) is 9.55. The van der Waals surface area contributed by atoms with Crippen molar-refractivity contribution in [2.24, 2.45) is 5.92 Å². The van der Waals surface area contributed by atoms with Gasteiger partial charge in [0.1, 0.15) is 0 Å². The highest BCUT2D eigenvalue weighted by atomic mass is 32.2. The van der Waals surface area contributed by atoms with Crippen molar-refractivity contribution in [1.29, 1.82) is 0 Å². The molecular weight excluding hydrogens is 368 g/mol. The molecule has 1 saturated heterocycles. The molecule has 1 fully saturated rings. The van der Waals surface area contributed by atoms with Gasteiger partial charge in [-0.15, -0.1) is 0 Å². The van der Waals surface area contributed by atoms with Crippen molar-refractivity contribution in [3.05, 3.63) is 35.9 Å². The number of urea groups is 1. The second-order valence-corrected chi connectivity index (χ2v) is 7.50. The van der Waals surface area contributed by atoms with Crippen LogP contribution in [0.1, 0.15) is 37.0 Å². The Bertz CT molecular complexity index is 709. The zero-order valence-corrected chi connectivity index (χ0v) is 16.3. The summed E-state index contributed by atoms with van der Waals surface area (Å²) in [5.41, 5.74) is 0.536. The third-order valence-corrected chi connectivity index (χ3v) is 5.55. The van der Waals surface area contributed by atoms with Gasteiger partial charge in [-0.05, 0) is 6.42 Å². The Morgan fingerprint density at radius 3 is 2.52 bits per heavy atom. The number of thioether (sulfide) groups is 1. The molecule has 146 valence electrons. The SMILES string of the molecule is CCCCN1C[C@@H](C(=O)O)N(C(=O)[C@@H](C)CSC(=O)c2ccccc2)C1=O. The fourth-order valence-corrected chi connectivity index (χ4v) is 3.64. The van der Waals surface area contributed by atoms with Gasteiger partial charge in [0.05, 0.1) is 6.54 Å². The van der Waals surface area contributed by atoms with Gasteiger partial charge in [0.2, 0.25) is 11.0 Å². The molecule has 1 aromatic carbocycles. The molecule has 0 unspecified atom stereocenters. The Kier molecular flexibility index (Phi) is 7.41. The minimum atomic E-state index is -1.20. The van der Waals surface area contributed by atoms with Crippen LogP contribution in [0, 0.1) is 5.92 Å². The van der Waals surface area contributed by atoms with Crippen LogP contribution in [0.15, 0.2) is 30.3 Å². The monoisotopic (exact) mass is 392 g/mol. The predicted molar refractivity (Wildman–Crippen MR) is 103 cm³/mol. The summed E-state index contributed by atoms with van der Waals surface area (Å²) in [7, 11) is 0. The van der Waals surface area contributed by atoms with Gasteiger partial charge in [0.25, 0.3) is 0 Å². The summed E-state index contributed by atoms with van der Waals surface area (Å²) in [5.74, 6) is -2.23. The maximum atomic E-state index is 12.7. The quantitative estimate of drug-likeness (QED) is 0.731. The van der Waals surface area contributed by atoms with E-state index in [0.717, 1.165) is 29.5 Å². The minimum Gasteiger partial charge on any atom is -0.480 e. The maximum absolute atomic E-state index is 12.7. The Hall–Kier alpha value is -2.35. The van der Waals surface area contributed by atoms with Gasteiger partial charge in [-0.2, -0.15) is 0 Å². The normalized spacial score (nSPS) is 17.9. The molecule has 1 heterocycles. The molecule has 0 bridgehead atoms. The van der Waals surface area contributed by atoms with Crippen LogP contribution in [0.5, 0.6) is 0 Å². The molecule has 2 rings (SSSR count). The van der Waals surface area contributed by atoms with Crippen molar-refractivity contribution in [3.63, 3.8) is 0 Å². The smallest absolute Gasteiger partial charge is 0.328 e. The number of amides is 3. The molecule has 0 aliphatic carbocycles. The summed E-state index contributed by atoms with van der Waals surface area (Å²) in [6.07, 6.45) is 1.61. The van der Waals surface area contributed by atoms with Crippen LogP contribution in [0.3, 0.4) is 0 Å². The molecule has 0 saturated carbocycles. The number of carboxylic acid groups (broad SMARTS) is 1. The highest BCUT2D eigenvalue weighted by Gasteiger charge is 2.45. The summed E-state index contributed by atoms with van der Waals surface area (Å²) in [6, 6.07) is 6.96. The number of unbranched alkanes of at least 4 members (excludes halogenated alkanes) is 1. The van der Waals surface area contributed by atoms with Crippen molar-refractivity contribution >= 4 is 34.8 Å². The zero-order chi connectivity index (χ0) is 20.0. The lowest BCUT2D eigenvalue weighted by Gasteiger charge is -2.22. The Balaban J connectivity index is 2.01. The lowest BCUT2D eigenvalue weighted by atomic mass is 10.1. The van der Waals surface area contributed by atoms with Crippen molar-refractivity contribution in [2.75, 3.05) is 18.8 Å². The van der Waals surface area contributed by atoms with Crippen LogP contribution in [0.4, 0.5) is 4.79 Å². The van der Waals surface area contributed by atoms with Gasteiger partial charge < -0.3 is 10.0 Å². The van der Waals surface area contributed by atoms with Crippen LogP contribution in [-0.2, 0) is 9.59 Å². The summed E-state index contributed by atoms with van der Waals surface area (Å²) in [5, 5.41) is 9.25. The minimum absolute atomic E-state index is 0.00269. The first kappa shape index (κ1) is 21.0. The van der Waals surface area contributed by atoms with Gasteiger partial charge in [-0.3, -0.25) is 9.59 Å². The topological polar surface area (TPSA) is 95.0 Å². The maximum Gasteiger partial charge on any atom is 0.328 e. The zero-order valence-electron chi connectivity index (χ0n) is 15.5. The number of hydrogen-bond donors (Lipinski definition) is 1. The van der Waals surface area contributed by atoms with Gasteiger partial charge in [0, 0.05) is 23.8 Å². The number of aliphatic carboxylic acids is 1. The molecule has 2 atom stereocenters. The van der Waals surface area contributed by atoms with E-state index >= 15 is 0 Å². The third kappa shape index (κ3) is 5.09. The molecule has 7 nitrogen and oxygen atoms in total.